The molecule has 0 radical (unpaired) electrons. The maximum absolute atomic E-state index is 12.8. The van der Waals surface area contributed by atoms with Gasteiger partial charge in [-0.1, -0.05) is 27.7 Å². The van der Waals surface area contributed by atoms with Gasteiger partial charge in [0.15, 0.2) is 5.69 Å². The zero-order chi connectivity index (χ0) is 14.0. The number of thiazole rings is 1. The molecule has 0 saturated heterocycles. The molecule has 0 amide bonds. The van der Waals surface area contributed by atoms with Crippen molar-refractivity contribution < 1.29 is 13.2 Å². The van der Waals surface area contributed by atoms with E-state index in [2.05, 4.69) is 10.3 Å². The van der Waals surface area contributed by atoms with Crippen molar-refractivity contribution in [3.05, 3.63) is 15.6 Å². The molecule has 1 aromatic rings. The summed E-state index contributed by atoms with van der Waals surface area (Å²) in [5, 5.41) is 3.48. The van der Waals surface area contributed by atoms with Gasteiger partial charge in [0.25, 0.3) is 0 Å². The first-order valence-corrected chi connectivity index (χ1v) is 6.71. The molecular formula is C12H19F3N2S. The van der Waals surface area contributed by atoms with Gasteiger partial charge in [0.05, 0.1) is 9.88 Å². The van der Waals surface area contributed by atoms with Crippen molar-refractivity contribution >= 4 is 11.3 Å². The van der Waals surface area contributed by atoms with Crippen LogP contribution in [0.15, 0.2) is 0 Å². The first kappa shape index (κ1) is 15.4. The lowest BCUT2D eigenvalue weighted by Crippen LogP contribution is -2.16. The van der Waals surface area contributed by atoms with Crippen molar-refractivity contribution in [1.29, 1.82) is 0 Å². The highest BCUT2D eigenvalue weighted by Crippen LogP contribution is 2.36. The molecule has 0 aromatic carbocycles. The average Bonchev–Trinajstić information content (AvgIpc) is 2.54. The third-order valence-corrected chi connectivity index (χ3v) is 3.28. The first-order chi connectivity index (χ1) is 8.13. The van der Waals surface area contributed by atoms with E-state index < -0.39 is 11.9 Å². The van der Waals surface area contributed by atoms with Crippen LogP contribution in [0.1, 0.15) is 43.3 Å². The Bertz CT molecular complexity index is 391. The molecule has 0 saturated carbocycles. The minimum Gasteiger partial charge on any atom is -0.312 e. The lowest BCUT2D eigenvalue weighted by Gasteiger charge is -2.15. The molecule has 0 aliphatic heterocycles. The first-order valence-electron chi connectivity index (χ1n) is 5.90. The topological polar surface area (TPSA) is 24.9 Å². The number of alkyl halides is 3. The third kappa shape index (κ3) is 4.57. The highest BCUT2D eigenvalue weighted by molar-refractivity contribution is 7.11. The van der Waals surface area contributed by atoms with Gasteiger partial charge in [-0.05, 0) is 12.0 Å². The Kier molecular flexibility index (Phi) is 4.78. The van der Waals surface area contributed by atoms with Gasteiger partial charge in [0.2, 0.25) is 0 Å². The largest absolute Gasteiger partial charge is 0.434 e. The zero-order valence-electron chi connectivity index (χ0n) is 11.1. The smallest absolute Gasteiger partial charge is 0.312 e. The van der Waals surface area contributed by atoms with Crippen LogP contribution in [0.4, 0.5) is 13.2 Å². The Morgan fingerprint density at radius 2 is 1.83 bits per heavy atom. The number of nitrogens with one attached hydrogen (secondary N) is 1. The van der Waals surface area contributed by atoms with E-state index in [4.69, 9.17) is 0 Å². The molecule has 1 heterocycles. The lowest BCUT2D eigenvalue weighted by atomic mass is 9.93. The number of rotatable bonds is 4. The average molecular weight is 280 g/mol. The van der Waals surface area contributed by atoms with Crippen LogP contribution in [-0.2, 0) is 19.1 Å². The summed E-state index contributed by atoms with van der Waals surface area (Å²) in [5.74, 6) is 0. The summed E-state index contributed by atoms with van der Waals surface area (Å²) in [6.07, 6.45) is -3.80. The molecule has 2 nitrogen and oxygen atoms in total. The Morgan fingerprint density at radius 3 is 2.28 bits per heavy atom. The van der Waals surface area contributed by atoms with Crippen LogP contribution in [0.25, 0.3) is 0 Å². The molecule has 1 aromatic heterocycles. The normalized spacial score (nSPS) is 13.1. The SMILES string of the molecule is CCNCc1sc(CC(C)(C)C)nc1C(F)(F)F. The van der Waals surface area contributed by atoms with Crippen LogP contribution in [0, 0.1) is 5.41 Å². The summed E-state index contributed by atoms with van der Waals surface area (Å²) >= 11 is 1.16. The molecule has 6 heteroatoms. The maximum atomic E-state index is 12.8. The number of hydrogen-bond acceptors (Lipinski definition) is 3. The Balaban J connectivity index is 3.00. The van der Waals surface area contributed by atoms with Crippen molar-refractivity contribution in [3.8, 4) is 0 Å². The Hall–Kier alpha value is -0.620. The van der Waals surface area contributed by atoms with Crippen LogP contribution in [0.2, 0.25) is 0 Å². The maximum Gasteiger partial charge on any atom is 0.434 e. The van der Waals surface area contributed by atoms with Crippen LogP contribution in [0.3, 0.4) is 0 Å². The van der Waals surface area contributed by atoms with Gasteiger partial charge in [-0.25, -0.2) is 4.98 Å². The highest BCUT2D eigenvalue weighted by Gasteiger charge is 2.37. The molecule has 1 rings (SSSR count). The predicted octanol–water partition coefficient (Wildman–Crippen LogP) is 3.86. The molecule has 0 atom stereocenters. The molecule has 0 fully saturated rings. The molecule has 0 aliphatic rings. The monoisotopic (exact) mass is 280 g/mol. The van der Waals surface area contributed by atoms with Crippen LogP contribution in [-0.4, -0.2) is 11.5 Å². The van der Waals surface area contributed by atoms with Crippen LogP contribution in [0.5, 0.6) is 0 Å². The molecule has 18 heavy (non-hydrogen) atoms. The second-order valence-corrected chi connectivity index (χ2v) is 6.56. The molecule has 0 spiro atoms. The minimum atomic E-state index is -4.36. The quantitative estimate of drug-likeness (QED) is 0.906. The van der Waals surface area contributed by atoms with Crippen molar-refractivity contribution in [3.63, 3.8) is 0 Å². The third-order valence-electron chi connectivity index (χ3n) is 2.23. The van der Waals surface area contributed by atoms with E-state index in [0.717, 1.165) is 11.3 Å². The number of aromatic nitrogens is 1. The van der Waals surface area contributed by atoms with Gasteiger partial charge in [-0.2, -0.15) is 13.2 Å². The highest BCUT2D eigenvalue weighted by atomic mass is 32.1. The molecule has 0 aliphatic carbocycles. The fourth-order valence-electron chi connectivity index (χ4n) is 1.51. The van der Waals surface area contributed by atoms with E-state index in [1.54, 1.807) is 0 Å². The summed E-state index contributed by atoms with van der Waals surface area (Å²) in [6, 6.07) is 0. The van der Waals surface area contributed by atoms with E-state index in [1.165, 1.54) is 0 Å². The second-order valence-electron chi connectivity index (χ2n) is 5.39. The van der Waals surface area contributed by atoms with Gasteiger partial charge in [0.1, 0.15) is 0 Å². The number of nitrogens with zero attached hydrogens (tertiary/aromatic N) is 1. The molecule has 104 valence electrons. The second kappa shape index (κ2) is 5.57. The molecular weight excluding hydrogens is 261 g/mol. The summed E-state index contributed by atoms with van der Waals surface area (Å²) in [7, 11) is 0. The predicted molar refractivity (Wildman–Crippen MR) is 67.7 cm³/mol. The Morgan fingerprint density at radius 1 is 1.22 bits per heavy atom. The van der Waals surface area contributed by atoms with E-state index in [1.807, 2.05) is 27.7 Å². The van der Waals surface area contributed by atoms with E-state index >= 15 is 0 Å². The van der Waals surface area contributed by atoms with Gasteiger partial charge in [-0.3, -0.25) is 0 Å². The summed E-state index contributed by atoms with van der Waals surface area (Å²) in [6.45, 7) is 8.71. The molecule has 0 unspecified atom stereocenters. The summed E-state index contributed by atoms with van der Waals surface area (Å²) in [5.41, 5.74) is -0.788. The fraction of sp³-hybridized carbons (Fsp3) is 0.750. The van der Waals surface area contributed by atoms with Gasteiger partial charge >= 0.3 is 6.18 Å². The number of halogens is 3. The van der Waals surface area contributed by atoms with E-state index in [-0.39, 0.29) is 16.8 Å². The van der Waals surface area contributed by atoms with Gasteiger partial charge in [0, 0.05) is 13.0 Å². The van der Waals surface area contributed by atoms with Crippen molar-refractivity contribution in [1.82, 2.24) is 10.3 Å². The van der Waals surface area contributed by atoms with Gasteiger partial charge in [-0.15, -0.1) is 11.3 Å². The molecule has 1 N–H and O–H groups in total. The lowest BCUT2D eigenvalue weighted by molar-refractivity contribution is -0.141. The van der Waals surface area contributed by atoms with Crippen LogP contribution < -0.4 is 5.32 Å². The summed E-state index contributed by atoms with van der Waals surface area (Å²) < 4.78 is 38.5. The van der Waals surface area contributed by atoms with Crippen molar-refractivity contribution in [2.75, 3.05) is 6.54 Å². The van der Waals surface area contributed by atoms with Crippen molar-refractivity contribution in [2.24, 2.45) is 5.41 Å². The standard InChI is InChI=1S/C12H19F3N2S/c1-5-16-7-8-10(12(13,14)15)17-9(18-8)6-11(2,3)4/h16H,5-7H2,1-4H3. The van der Waals surface area contributed by atoms with E-state index in [0.29, 0.717) is 18.0 Å². The van der Waals surface area contributed by atoms with E-state index in [9.17, 15) is 13.2 Å². The van der Waals surface area contributed by atoms with Gasteiger partial charge < -0.3 is 5.32 Å². The molecule has 0 bridgehead atoms. The summed E-state index contributed by atoms with van der Waals surface area (Å²) in [4.78, 5) is 4.05. The zero-order valence-corrected chi connectivity index (χ0v) is 11.9. The Labute approximate surface area is 110 Å². The number of hydrogen-bond donors (Lipinski definition) is 1. The minimum absolute atomic E-state index is 0.0593. The fourth-order valence-corrected chi connectivity index (χ4v) is 2.87. The van der Waals surface area contributed by atoms with Crippen molar-refractivity contribution in [2.45, 2.75) is 46.8 Å². The van der Waals surface area contributed by atoms with Crippen LogP contribution >= 0.6 is 11.3 Å².